The first-order valence-electron chi connectivity index (χ1n) is 8.67. The molecule has 0 amide bonds. The highest BCUT2D eigenvalue weighted by Crippen LogP contribution is 2.61. The summed E-state index contributed by atoms with van der Waals surface area (Å²) in [7, 11) is 0. The molecule has 114 valence electrons. The molecule has 3 heteroatoms. The van der Waals surface area contributed by atoms with Crippen LogP contribution in [0.15, 0.2) is 12.4 Å². The maximum absolute atomic E-state index is 12.6. The van der Waals surface area contributed by atoms with Crippen LogP contribution in [0.5, 0.6) is 0 Å². The van der Waals surface area contributed by atoms with Crippen LogP contribution in [0.3, 0.4) is 0 Å². The summed E-state index contributed by atoms with van der Waals surface area (Å²) in [6.07, 6.45) is 13.7. The molecule has 4 saturated carbocycles. The molecule has 1 aromatic rings. The molecule has 0 unspecified atom stereocenters. The largest absolute Gasteiger partial charge is 0.299 e. The van der Waals surface area contributed by atoms with Crippen LogP contribution >= 0.6 is 0 Å². The number of Topliss-reactive ketones (excluding diaryl/α,β-unsaturated/α-hetero) is 1. The van der Waals surface area contributed by atoms with Crippen molar-refractivity contribution in [2.45, 2.75) is 64.8 Å². The van der Waals surface area contributed by atoms with Gasteiger partial charge in [-0.15, -0.1) is 0 Å². The standard InChI is InChI=1S/C18H26N2O/c1-2-20-12-16(11-19-20)6-17(21)10-18-7-13-3-14(8-18)5-15(4-13)9-18/h11-15H,2-10H2,1H3. The van der Waals surface area contributed by atoms with Crippen LogP contribution in [0.1, 0.15) is 57.4 Å². The second-order valence-electron chi connectivity index (χ2n) is 8.01. The fourth-order valence-corrected chi connectivity index (χ4v) is 5.89. The zero-order chi connectivity index (χ0) is 14.4. The van der Waals surface area contributed by atoms with Crippen LogP contribution in [-0.2, 0) is 17.8 Å². The summed E-state index contributed by atoms with van der Waals surface area (Å²) in [5.74, 6) is 3.25. The summed E-state index contributed by atoms with van der Waals surface area (Å²) in [5, 5.41) is 4.28. The predicted octanol–water partition coefficient (Wildman–Crippen LogP) is 3.62. The Morgan fingerprint density at radius 3 is 2.38 bits per heavy atom. The van der Waals surface area contributed by atoms with E-state index in [-0.39, 0.29) is 0 Å². The lowest BCUT2D eigenvalue weighted by Gasteiger charge is -2.56. The van der Waals surface area contributed by atoms with Gasteiger partial charge in [0, 0.05) is 25.6 Å². The number of nitrogens with zero attached hydrogens (tertiary/aromatic N) is 2. The van der Waals surface area contributed by atoms with Gasteiger partial charge in [-0.1, -0.05) is 0 Å². The van der Waals surface area contributed by atoms with Crippen molar-refractivity contribution < 1.29 is 4.79 Å². The van der Waals surface area contributed by atoms with Crippen molar-refractivity contribution in [3.05, 3.63) is 18.0 Å². The minimum absolute atomic E-state index is 0.382. The molecule has 0 aromatic carbocycles. The third-order valence-corrected chi connectivity index (χ3v) is 6.15. The maximum Gasteiger partial charge on any atom is 0.137 e. The van der Waals surface area contributed by atoms with Gasteiger partial charge in [0.2, 0.25) is 0 Å². The van der Waals surface area contributed by atoms with E-state index in [1.54, 1.807) is 0 Å². The number of hydrogen-bond acceptors (Lipinski definition) is 2. The maximum atomic E-state index is 12.6. The number of aromatic nitrogens is 2. The van der Waals surface area contributed by atoms with Gasteiger partial charge >= 0.3 is 0 Å². The zero-order valence-electron chi connectivity index (χ0n) is 13.1. The summed E-state index contributed by atoms with van der Waals surface area (Å²) in [4.78, 5) is 12.6. The Morgan fingerprint density at radius 2 is 1.86 bits per heavy atom. The Balaban J connectivity index is 1.42. The normalized spacial score (nSPS) is 37.1. The monoisotopic (exact) mass is 286 g/mol. The van der Waals surface area contributed by atoms with E-state index < -0.39 is 0 Å². The first-order valence-corrected chi connectivity index (χ1v) is 8.67. The second kappa shape index (κ2) is 4.96. The molecule has 1 heterocycles. The van der Waals surface area contributed by atoms with E-state index in [0.717, 1.165) is 36.3 Å². The highest BCUT2D eigenvalue weighted by Gasteiger charge is 2.51. The van der Waals surface area contributed by atoms with Gasteiger partial charge in [0.1, 0.15) is 5.78 Å². The number of hydrogen-bond donors (Lipinski definition) is 0. The van der Waals surface area contributed by atoms with Crippen LogP contribution in [-0.4, -0.2) is 15.6 Å². The molecule has 4 aliphatic rings. The molecular weight excluding hydrogens is 260 g/mol. The number of carbonyl (C=O) groups is 1. The molecule has 3 nitrogen and oxygen atoms in total. The number of aryl methyl sites for hydroxylation is 1. The molecule has 21 heavy (non-hydrogen) atoms. The lowest BCUT2D eigenvalue weighted by atomic mass is 9.48. The highest BCUT2D eigenvalue weighted by atomic mass is 16.1. The van der Waals surface area contributed by atoms with E-state index in [2.05, 4.69) is 12.0 Å². The molecule has 4 fully saturated rings. The summed E-state index contributed by atoms with van der Waals surface area (Å²) in [6, 6.07) is 0. The van der Waals surface area contributed by atoms with Gasteiger partial charge in [0.25, 0.3) is 0 Å². The molecule has 4 aliphatic carbocycles. The van der Waals surface area contributed by atoms with Gasteiger partial charge in [-0.25, -0.2) is 0 Å². The topological polar surface area (TPSA) is 34.9 Å². The average Bonchev–Trinajstić information content (AvgIpc) is 2.83. The van der Waals surface area contributed by atoms with Crippen LogP contribution in [0.2, 0.25) is 0 Å². The Bertz CT molecular complexity index is 510. The Kier molecular flexibility index (Phi) is 3.20. The minimum Gasteiger partial charge on any atom is -0.299 e. The number of carbonyl (C=O) groups excluding carboxylic acids is 1. The zero-order valence-corrected chi connectivity index (χ0v) is 13.1. The van der Waals surface area contributed by atoms with E-state index in [1.807, 2.05) is 17.1 Å². The molecule has 0 spiro atoms. The SMILES string of the molecule is CCn1cc(CC(=O)CC23CC4CC(CC(C4)C2)C3)cn1. The lowest BCUT2D eigenvalue weighted by Crippen LogP contribution is -2.47. The van der Waals surface area contributed by atoms with Crippen LogP contribution < -0.4 is 0 Å². The first-order chi connectivity index (χ1) is 10.1. The van der Waals surface area contributed by atoms with E-state index in [0.29, 0.717) is 17.6 Å². The summed E-state index contributed by atoms with van der Waals surface area (Å²) >= 11 is 0. The average molecular weight is 286 g/mol. The molecule has 0 atom stereocenters. The van der Waals surface area contributed by atoms with Gasteiger partial charge in [-0.3, -0.25) is 9.48 Å². The van der Waals surface area contributed by atoms with Crippen molar-refractivity contribution in [3.63, 3.8) is 0 Å². The molecule has 0 N–H and O–H groups in total. The number of ketones is 1. The molecule has 0 radical (unpaired) electrons. The Hall–Kier alpha value is -1.12. The van der Waals surface area contributed by atoms with Crippen molar-refractivity contribution in [2.75, 3.05) is 0 Å². The number of rotatable bonds is 5. The minimum atomic E-state index is 0.382. The third kappa shape index (κ3) is 2.56. The van der Waals surface area contributed by atoms with E-state index >= 15 is 0 Å². The van der Waals surface area contributed by atoms with Gasteiger partial charge in [-0.05, 0) is 74.2 Å². The van der Waals surface area contributed by atoms with Gasteiger partial charge in [0.15, 0.2) is 0 Å². The van der Waals surface area contributed by atoms with Gasteiger partial charge in [-0.2, -0.15) is 5.10 Å². The summed E-state index contributed by atoms with van der Waals surface area (Å²) in [5.41, 5.74) is 1.47. The van der Waals surface area contributed by atoms with E-state index in [4.69, 9.17) is 0 Å². The van der Waals surface area contributed by atoms with Crippen molar-refractivity contribution in [2.24, 2.45) is 23.2 Å². The third-order valence-electron chi connectivity index (χ3n) is 6.15. The molecular formula is C18H26N2O. The smallest absolute Gasteiger partial charge is 0.137 e. The van der Waals surface area contributed by atoms with Crippen molar-refractivity contribution in [3.8, 4) is 0 Å². The van der Waals surface area contributed by atoms with E-state index in [1.165, 1.54) is 38.5 Å². The van der Waals surface area contributed by atoms with Crippen molar-refractivity contribution >= 4 is 5.78 Å². The second-order valence-corrected chi connectivity index (χ2v) is 8.01. The Morgan fingerprint density at radius 1 is 1.24 bits per heavy atom. The lowest BCUT2D eigenvalue weighted by molar-refractivity contribution is -0.126. The molecule has 0 aliphatic heterocycles. The quantitative estimate of drug-likeness (QED) is 0.828. The highest BCUT2D eigenvalue weighted by molar-refractivity contribution is 5.81. The van der Waals surface area contributed by atoms with Crippen molar-refractivity contribution in [1.29, 1.82) is 0 Å². The fraction of sp³-hybridized carbons (Fsp3) is 0.778. The molecule has 4 bridgehead atoms. The van der Waals surface area contributed by atoms with Crippen LogP contribution in [0.25, 0.3) is 0 Å². The molecule has 0 saturated heterocycles. The fourth-order valence-electron chi connectivity index (χ4n) is 5.89. The van der Waals surface area contributed by atoms with Gasteiger partial charge in [0.05, 0.1) is 6.20 Å². The molecule has 5 rings (SSSR count). The summed E-state index contributed by atoms with van der Waals surface area (Å²) < 4.78 is 1.91. The first kappa shape index (κ1) is 13.5. The predicted molar refractivity (Wildman–Crippen MR) is 81.8 cm³/mol. The van der Waals surface area contributed by atoms with Crippen LogP contribution in [0.4, 0.5) is 0 Å². The van der Waals surface area contributed by atoms with Crippen molar-refractivity contribution in [1.82, 2.24) is 9.78 Å². The Labute approximate surface area is 127 Å². The van der Waals surface area contributed by atoms with E-state index in [9.17, 15) is 4.79 Å². The van der Waals surface area contributed by atoms with Crippen LogP contribution in [0, 0.1) is 23.2 Å². The van der Waals surface area contributed by atoms with Gasteiger partial charge < -0.3 is 0 Å². The summed E-state index contributed by atoms with van der Waals surface area (Å²) in [6.45, 7) is 2.96. The molecule has 1 aromatic heterocycles.